The van der Waals surface area contributed by atoms with Gasteiger partial charge in [-0.25, -0.2) is 9.67 Å². The Balaban J connectivity index is 1.50. The molecule has 0 radical (unpaired) electrons. The van der Waals surface area contributed by atoms with Gasteiger partial charge in [0.15, 0.2) is 5.65 Å². The van der Waals surface area contributed by atoms with E-state index < -0.39 is 0 Å². The van der Waals surface area contributed by atoms with E-state index in [2.05, 4.69) is 40.7 Å². The van der Waals surface area contributed by atoms with Gasteiger partial charge in [0.2, 0.25) is 5.95 Å². The summed E-state index contributed by atoms with van der Waals surface area (Å²) in [5.74, 6) is 1.01. The average Bonchev–Trinajstić information content (AvgIpc) is 2.72. The Morgan fingerprint density at radius 2 is 1.83 bits per heavy atom. The smallest absolute Gasteiger partial charge is 0.266 e. The second-order valence-electron chi connectivity index (χ2n) is 9.07. The number of hydrogen-bond acceptors (Lipinski definition) is 6. The van der Waals surface area contributed by atoms with Gasteiger partial charge in [0.25, 0.3) is 11.1 Å². The standard InChI is InChI=1S/C22H28N6O2/c1-22(2,3)17-7-8-18(29)28(25-17)14-15-9-12-27(13-10-15)21-24-19-16(6-5-11-23-19)20(30)26(21)4/h5-8,11,15H,9-10,12-14H2,1-4H3. The molecule has 0 spiro atoms. The summed E-state index contributed by atoms with van der Waals surface area (Å²) in [4.78, 5) is 36.0. The van der Waals surface area contributed by atoms with Crippen molar-refractivity contribution >= 4 is 17.0 Å². The first-order valence-electron chi connectivity index (χ1n) is 10.4. The topological polar surface area (TPSA) is 85.9 Å². The minimum Gasteiger partial charge on any atom is -0.342 e. The quantitative estimate of drug-likeness (QED) is 0.660. The maximum Gasteiger partial charge on any atom is 0.266 e. The molecule has 0 aromatic carbocycles. The van der Waals surface area contributed by atoms with Crippen molar-refractivity contribution in [3.63, 3.8) is 0 Å². The molecule has 0 atom stereocenters. The van der Waals surface area contributed by atoms with Crippen LogP contribution in [0, 0.1) is 5.92 Å². The minimum atomic E-state index is -0.0978. The van der Waals surface area contributed by atoms with Crippen molar-refractivity contribution in [1.82, 2.24) is 24.3 Å². The second kappa shape index (κ2) is 7.66. The van der Waals surface area contributed by atoms with Gasteiger partial charge < -0.3 is 4.90 Å². The summed E-state index contributed by atoms with van der Waals surface area (Å²) in [5, 5.41) is 5.13. The Kier molecular flexibility index (Phi) is 5.17. The van der Waals surface area contributed by atoms with E-state index in [0.717, 1.165) is 31.6 Å². The van der Waals surface area contributed by atoms with Gasteiger partial charge in [-0.05, 0) is 37.0 Å². The number of nitrogens with zero attached hydrogens (tertiary/aromatic N) is 6. The Labute approximate surface area is 175 Å². The summed E-state index contributed by atoms with van der Waals surface area (Å²) >= 11 is 0. The van der Waals surface area contributed by atoms with Crippen LogP contribution in [0.15, 0.2) is 40.1 Å². The Bertz CT molecular complexity index is 1180. The van der Waals surface area contributed by atoms with Gasteiger partial charge in [-0.3, -0.25) is 14.2 Å². The molecule has 1 fully saturated rings. The molecule has 3 aromatic rings. The number of pyridine rings is 1. The van der Waals surface area contributed by atoms with Crippen LogP contribution in [-0.2, 0) is 19.0 Å². The number of hydrogen-bond donors (Lipinski definition) is 0. The van der Waals surface area contributed by atoms with Crippen molar-refractivity contribution in [2.75, 3.05) is 18.0 Å². The maximum absolute atomic E-state index is 12.7. The lowest BCUT2D eigenvalue weighted by Crippen LogP contribution is -2.40. The van der Waals surface area contributed by atoms with Crippen molar-refractivity contribution in [2.45, 2.75) is 45.6 Å². The lowest BCUT2D eigenvalue weighted by atomic mass is 9.92. The van der Waals surface area contributed by atoms with Gasteiger partial charge in [-0.1, -0.05) is 20.8 Å². The summed E-state index contributed by atoms with van der Waals surface area (Å²) < 4.78 is 3.21. The molecule has 4 rings (SSSR count). The minimum absolute atomic E-state index is 0.0601. The fourth-order valence-electron chi connectivity index (χ4n) is 3.92. The first kappa shape index (κ1) is 20.3. The van der Waals surface area contributed by atoms with Gasteiger partial charge in [-0.2, -0.15) is 10.1 Å². The molecule has 1 aliphatic rings. The molecule has 8 heteroatoms. The van der Waals surface area contributed by atoms with Crippen LogP contribution in [0.4, 0.5) is 5.95 Å². The number of rotatable bonds is 3. The number of aromatic nitrogens is 5. The lowest BCUT2D eigenvalue weighted by molar-refractivity contribution is 0.327. The first-order chi connectivity index (χ1) is 14.2. The lowest BCUT2D eigenvalue weighted by Gasteiger charge is -2.33. The van der Waals surface area contributed by atoms with E-state index in [0.29, 0.717) is 29.4 Å². The molecule has 0 bridgehead atoms. The molecule has 1 saturated heterocycles. The third-order valence-electron chi connectivity index (χ3n) is 5.79. The molecule has 3 aromatic heterocycles. The van der Waals surface area contributed by atoms with Crippen LogP contribution < -0.4 is 16.0 Å². The third-order valence-corrected chi connectivity index (χ3v) is 5.79. The molecule has 0 unspecified atom stereocenters. The van der Waals surface area contributed by atoms with Gasteiger partial charge in [-0.15, -0.1) is 0 Å². The fraction of sp³-hybridized carbons (Fsp3) is 0.500. The molecule has 0 saturated carbocycles. The van der Waals surface area contributed by atoms with Crippen LogP contribution in [0.3, 0.4) is 0 Å². The van der Waals surface area contributed by atoms with Gasteiger partial charge in [0.1, 0.15) is 0 Å². The van der Waals surface area contributed by atoms with Crippen molar-refractivity contribution in [2.24, 2.45) is 13.0 Å². The van der Waals surface area contributed by atoms with Crippen LogP contribution in [0.5, 0.6) is 0 Å². The summed E-state index contributed by atoms with van der Waals surface area (Å²) in [6.45, 7) is 8.45. The van der Waals surface area contributed by atoms with E-state index >= 15 is 0 Å². The molecule has 8 nitrogen and oxygen atoms in total. The number of piperidine rings is 1. The van der Waals surface area contributed by atoms with E-state index in [1.807, 2.05) is 6.07 Å². The highest BCUT2D eigenvalue weighted by atomic mass is 16.1. The zero-order valence-corrected chi connectivity index (χ0v) is 18.0. The molecule has 0 amide bonds. The molecule has 0 N–H and O–H groups in total. The van der Waals surface area contributed by atoms with Crippen LogP contribution in [0.2, 0.25) is 0 Å². The highest BCUT2D eigenvalue weighted by Crippen LogP contribution is 2.23. The molecule has 158 valence electrons. The zero-order chi connectivity index (χ0) is 21.5. The predicted octanol–water partition coefficient (Wildman–Crippen LogP) is 2.10. The fourth-order valence-corrected chi connectivity index (χ4v) is 3.92. The average molecular weight is 409 g/mol. The van der Waals surface area contributed by atoms with Gasteiger partial charge in [0, 0.05) is 44.4 Å². The van der Waals surface area contributed by atoms with Crippen LogP contribution in [0.1, 0.15) is 39.3 Å². The van der Waals surface area contributed by atoms with E-state index in [4.69, 9.17) is 0 Å². The maximum atomic E-state index is 12.7. The highest BCUT2D eigenvalue weighted by molar-refractivity contribution is 5.74. The van der Waals surface area contributed by atoms with Crippen LogP contribution in [-0.4, -0.2) is 37.4 Å². The van der Waals surface area contributed by atoms with E-state index in [1.165, 1.54) is 0 Å². The predicted molar refractivity (Wildman–Crippen MR) is 117 cm³/mol. The van der Waals surface area contributed by atoms with Gasteiger partial charge >= 0.3 is 0 Å². The number of anilines is 1. The molecule has 30 heavy (non-hydrogen) atoms. The SMILES string of the molecule is Cn1c(N2CCC(Cn3nc(C(C)(C)C)ccc3=O)CC2)nc2ncccc2c1=O. The zero-order valence-electron chi connectivity index (χ0n) is 18.0. The molecule has 1 aliphatic heterocycles. The van der Waals surface area contributed by atoms with Crippen molar-refractivity contribution in [1.29, 1.82) is 0 Å². The van der Waals surface area contributed by atoms with Gasteiger partial charge in [0.05, 0.1) is 11.1 Å². The van der Waals surface area contributed by atoms with E-state index in [-0.39, 0.29) is 16.5 Å². The Morgan fingerprint density at radius 3 is 2.53 bits per heavy atom. The summed E-state index contributed by atoms with van der Waals surface area (Å²) in [5.41, 5.74) is 1.16. The summed E-state index contributed by atoms with van der Waals surface area (Å²) in [6, 6.07) is 6.94. The molecule has 0 aliphatic carbocycles. The van der Waals surface area contributed by atoms with E-state index in [1.54, 1.807) is 40.7 Å². The highest BCUT2D eigenvalue weighted by Gasteiger charge is 2.24. The molecule has 4 heterocycles. The third kappa shape index (κ3) is 3.86. The van der Waals surface area contributed by atoms with Crippen molar-refractivity contribution < 1.29 is 0 Å². The molecular formula is C22H28N6O2. The summed E-state index contributed by atoms with van der Waals surface area (Å²) in [7, 11) is 1.75. The second-order valence-corrected chi connectivity index (χ2v) is 9.07. The Morgan fingerprint density at radius 1 is 1.10 bits per heavy atom. The normalized spacial score (nSPS) is 15.7. The Hall–Kier alpha value is -3.03. The first-order valence-corrected chi connectivity index (χ1v) is 10.4. The van der Waals surface area contributed by atoms with Crippen LogP contribution >= 0.6 is 0 Å². The van der Waals surface area contributed by atoms with Crippen LogP contribution in [0.25, 0.3) is 11.0 Å². The summed E-state index contributed by atoms with van der Waals surface area (Å²) in [6.07, 6.45) is 3.47. The van der Waals surface area contributed by atoms with Crippen molar-refractivity contribution in [3.8, 4) is 0 Å². The monoisotopic (exact) mass is 408 g/mol. The number of fused-ring (bicyclic) bond motifs is 1. The largest absolute Gasteiger partial charge is 0.342 e. The van der Waals surface area contributed by atoms with E-state index in [9.17, 15) is 9.59 Å². The van der Waals surface area contributed by atoms with Crippen molar-refractivity contribution in [3.05, 3.63) is 56.9 Å². The molecular weight excluding hydrogens is 380 g/mol.